The van der Waals surface area contributed by atoms with Gasteiger partial charge < -0.3 is 9.47 Å². The van der Waals surface area contributed by atoms with Crippen LogP contribution in [0.2, 0.25) is 0 Å². The highest BCUT2D eigenvalue weighted by atomic mass is 127. The molecule has 1 fully saturated rings. The van der Waals surface area contributed by atoms with Crippen LogP contribution in [0.25, 0.3) is 0 Å². The largest absolute Gasteiger partial charge is 0.514 e. The molecular formula is C16H29INO4+. The van der Waals surface area contributed by atoms with E-state index in [2.05, 4.69) is 22.6 Å². The fraction of sp³-hybridized carbons (Fsp3) is 0.875. The maximum absolute atomic E-state index is 12.1. The predicted octanol–water partition coefficient (Wildman–Crippen LogP) is 2.36. The van der Waals surface area contributed by atoms with Gasteiger partial charge in [0.15, 0.2) is 0 Å². The molecule has 1 atom stereocenters. The van der Waals surface area contributed by atoms with E-state index in [1.807, 2.05) is 27.7 Å². The number of esters is 1. The number of piperidine rings is 1. The van der Waals surface area contributed by atoms with E-state index >= 15 is 0 Å². The Hall–Kier alpha value is -0.370. The van der Waals surface area contributed by atoms with E-state index in [4.69, 9.17) is 9.47 Å². The number of carbonyl (C=O) groups is 2. The summed E-state index contributed by atoms with van der Waals surface area (Å²) in [6.45, 7) is 9.83. The van der Waals surface area contributed by atoms with Crippen LogP contribution < -0.4 is 4.90 Å². The van der Waals surface area contributed by atoms with Crippen molar-refractivity contribution in [1.82, 2.24) is 0 Å². The van der Waals surface area contributed by atoms with E-state index < -0.39 is 0 Å². The Bertz CT molecular complexity index is 376. The molecule has 0 radical (unpaired) electrons. The molecule has 0 bridgehead atoms. The van der Waals surface area contributed by atoms with Gasteiger partial charge in [-0.15, -0.1) is 0 Å². The lowest BCUT2D eigenvalue weighted by atomic mass is 9.94. The first-order chi connectivity index (χ1) is 10.2. The minimum absolute atomic E-state index is 0.0967. The van der Waals surface area contributed by atoms with Crippen molar-refractivity contribution in [2.75, 3.05) is 19.7 Å². The number of hydrogen-bond donors (Lipinski definition) is 1. The van der Waals surface area contributed by atoms with Gasteiger partial charge in [-0.2, -0.15) is 4.79 Å². The molecule has 1 rings (SSSR count). The van der Waals surface area contributed by atoms with Crippen molar-refractivity contribution in [3.8, 4) is 0 Å². The van der Waals surface area contributed by atoms with Gasteiger partial charge in [0.25, 0.3) is 0 Å². The predicted molar refractivity (Wildman–Crippen MR) is 93.3 cm³/mol. The molecule has 1 aliphatic heterocycles. The number of alkyl halides is 1. The van der Waals surface area contributed by atoms with Crippen LogP contribution in [0.3, 0.4) is 0 Å². The third-order valence-corrected chi connectivity index (χ3v) is 4.82. The van der Waals surface area contributed by atoms with Crippen LogP contribution in [-0.4, -0.2) is 41.3 Å². The summed E-state index contributed by atoms with van der Waals surface area (Å²) in [6, 6.07) is 0. The fourth-order valence-corrected chi connectivity index (χ4v) is 2.53. The van der Waals surface area contributed by atoms with Crippen molar-refractivity contribution in [2.45, 2.75) is 62.9 Å². The highest BCUT2D eigenvalue weighted by Gasteiger charge is 2.32. The Morgan fingerprint density at radius 3 is 2.41 bits per heavy atom. The van der Waals surface area contributed by atoms with Crippen molar-refractivity contribution < 1.29 is 24.0 Å². The smallest absolute Gasteiger partial charge is 0.465 e. The second kappa shape index (κ2) is 9.05. The van der Waals surface area contributed by atoms with E-state index in [-0.39, 0.29) is 21.6 Å². The summed E-state index contributed by atoms with van der Waals surface area (Å²) >= 11 is 2.06. The molecule has 0 saturated carbocycles. The highest BCUT2D eigenvalue weighted by molar-refractivity contribution is 14.1. The maximum atomic E-state index is 12.1. The topological polar surface area (TPSA) is 57.0 Å². The first-order valence-corrected chi connectivity index (χ1v) is 9.38. The number of halogens is 1. The van der Waals surface area contributed by atoms with E-state index in [0.29, 0.717) is 12.5 Å². The highest BCUT2D eigenvalue weighted by Crippen LogP contribution is 2.16. The average Bonchev–Trinajstić information content (AvgIpc) is 2.47. The van der Waals surface area contributed by atoms with Crippen LogP contribution >= 0.6 is 22.6 Å². The summed E-state index contributed by atoms with van der Waals surface area (Å²) in [7, 11) is 0. The second-order valence-electron chi connectivity index (χ2n) is 6.62. The minimum Gasteiger partial charge on any atom is -0.465 e. The van der Waals surface area contributed by atoms with Crippen LogP contribution in [0.5, 0.6) is 0 Å². The number of ether oxygens (including phenoxy) is 2. The quantitative estimate of drug-likeness (QED) is 0.403. The molecule has 1 N–H and O–H groups in total. The Morgan fingerprint density at radius 1 is 1.32 bits per heavy atom. The number of carbonyl (C=O) groups excluding carboxylic acids is 2. The Morgan fingerprint density at radius 2 is 1.91 bits per heavy atom. The molecule has 0 spiro atoms. The Labute approximate surface area is 147 Å². The molecule has 5 nitrogen and oxygen atoms in total. The first kappa shape index (κ1) is 19.7. The molecule has 0 aliphatic carbocycles. The molecular weight excluding hydrogens is 397 g/mol. The Balaban J connectivity index is 2.26. The van der Waals surface area contributed by atoms with Crippen LogP contribution in [-0.2, 0) is 14.3 Å². The molecule has 22 heavy (non-hydrogen) atoms. The number of nitrogens with one attached hydrogen (secondary N) is 1. The molecule has 0 aromatic rings. The van der Waals surface area contributed by atoms with Crippen molar-refractivity contribution in [2.24, 2.45) is 5.92 Å². The maximum Gasteiger partial charge on any atom is 0.514 e. The van der Waals surface area contributed by atoms with Gasteiger partial charge in [0.2, 0.25) is 0 Å². The van der Waals surface area contributed by atoms with Crippen molar-refractivity contribution in [3.05, 3.63) is 0 Å². The van der Waals surface area contributed by atoms with Gasteiger partial charge in [-0.1, -0.05) is 29.5 Å². The van der Waals surface area contributed by atoms with Gasteiger partial charge in [-0.25, -0.2) is 4.90 Å². The van der Waals surface area contributed by atoms with Crippen molar-refractivity contribution in [1.29, 1.82) is 0 Å². The van der Waals surface area contributed by atoms with Gasteiger partial charge in [-0.3, -0.25) is 4.79 Å². The number of alkyl carbamates (subject to hydrolysis) is 2. The molecule has 128 valence electrons. The zero-order valence-electron chi connectivity index (χ0n) is 14.1. The molecule has 1 amide bonds. The number of hydrogen-bond acceptors (Lipinski definition) is 4. The monoisotopic (exact) mass is 426 g/mol. The first-order valence-electron chi connectivity index (χ1n) is 8.14. The molecule has 0 aromatic carbocycles. The van der Waals surface area contributed by atoms with Crippen LogP contribution in [0.4, 0.5) is 4.79 Å². The van der Waals surface area contributed by atoms with E-state index in [1.165, 1.54) is 0 Å². The minimum atomic E-state index is -0.384. The lowest BCUT2D eigenvalue weighted by molar-refractivity contribution is -0.832. The summed E-state index contributed by atoms with van der Waals surface area (Å²) in [6.07, 6.45) is 3.53. The number of rotatable bonds is 6. The van der Waals surface area contributed by atoms with Crippen molar-refractivity contribution >= 4 is 34.7 Å². The number of amides is 1. The van der Waals surface area contributed by atoms with E-state index in [0.717, 1.165) is 43.7 Å². The summed E-state index contributed by atoms with van der Waals surface area (Å²) < 4.78 is 10.7. The van der Waals surface area contributed by atoms with Crippen molar-refractivity contribution in [3.63, 3.8) is 0 Å². The summed E-state index contributed by atoms with van der Waals surface area (Å²) in [5.41, 5.74) is -0.384. The molecule has 1 unspecified atom stereocenters. The summed E-state index contributed by atoms with van der Waals surface area (Å²) in [5.74, 6) is 0.391. The summed E-state index contributed by atoms with van der Waals surface area (Å²) in [5, 5.41) is 0. The van der Waals surface area contributed by atoms with Gasteiger partial charge in [0, 0.05) is 12.8 Å². The zero-order valence-corrected chi connectivity index (χ0v) is 16.3. The summed E-state index contributed by atoms with van der Waals surface area (Å²) in [4.78, 5) is 24.4. The van der Waals surface area contributed by atoms with E-state index in [1.54, 1.807) is 0 Å². The fourth-order valence-electron chi connectivity index (χ4n) is 2.36. The van der Waals surface area contributed by atoms with Gasteiger partial charge in [0.05, 0.1) is 19.7 Å². The van der Waals surface area contributed by atoms with Gasteiger partial charge >= 0.3 is 12.1 Å². The second-order valence-corrected chi connectivity index (χ2v) is 8.49. The lowest BCUT2D eigenvalue weighted by Gasteiger charge is -2.30. The lowest BCUT2D eigenvalue weighted by Crippen LogP contribution is -3.15. The SMILES string of the molecule is CCC(C)(C)OC(=O)[NH+]1CCC(CCOC(=O)C(C)I)CC1. The molecule has 1 aliphatic rings. The average molecular weight is 426 g/mol. The standard InChI is InChI=1S/C16H28INO4/c1-5-16(3,4)22-15(20)18-9-6-13(7-10-18)8-11-21-14(19)12(2)17/h12-13H,5-11H2,1-4H3/p+1. The zero-order chi connectivity index (χ0) is 16.8. The molecule has 0 aromatic heterocycles. The van der Waals surface area contributed by atoms with Crippen LogP contribution in [0, 0.1) is 5.92 Å². The number of quaternary nitrogens is 1. The Kier molecular flexibility index (Phi) is 8.10. The van der Waals surface area contributed by atoms with Gasteiger partial charge in [0.1, 0.15) is 9.53 Å². The molecule has 1 saturated heterocycles. The third kappa shape index (κ3) is 6.81. The van der Waals surface area contributed by atoms with E-state index in [9.17, 15) is 9.59 Å². The normalized spacial score (nSPS) is 23.7. The number of likely N-dealkylation sites (tertiary alicyclic amines) is 1. The van der Waals surface area contributed by atoms with Gasteiger partial charge in [-0.05, 0) is 39.5 Å². The van der Waals surface area contributed by atoms with Crippen LogP contribution in [0.15, 0.2) is 0 Å². The molecule has 1 heterocycles. The van der Waals surface area contributed by atoms with Crippen LogP contribution in [0.1, 0.15) is 53.4 Å². The molecule has 6 heteroatoms. The third-order valence-electron chi connectivity index (χ3n) is 4.31.